The summed E-state index contributed by atoms with van der Waals surface area (Å²) in [5.41, 5.74) is 0. The molecule has 0 aromatic heterocycles. The van der Waals surface area contributed by atoms with E-state index in [9.17, 15) is 0 Å². The van der Waals surface area contributed by atoms with Crippen molar-refractivity contribution in [1.29, 1.82) is 0 Å². The van der Waals surface area contributed by atoms with Crippen molar-refractivity contribution in [2.45, 2.75) is 32.6 Å². The quantitative estimate of drug-likeness (QED) is 0.507. The number of hydrogen-bond acceptors (Lipinski definition) is 0. The second-order valence-corrected chi connectivity index (χ2v) is 2.73. The summed E-state index contributed by atoms with van der Waals surface area (Å²) < 4.78 is 2.17. The van der Waals surface area contributed by atoms with Crippen LogP contribution in [0, 0.1) is 0 Å². The van der Waals surface area contributed by atoms with Gasteiger partial charge in [-0.05, 0) is 0 Å². The van der Waals surface area contributed by atoms with Gasteiger partial charge in [0.05, 0.1) is 0 Å². The van der Waals surface area contributed by atoms with Crippen LogP contribution >= 0.6 is 0 Å². The van der Waals surface area contributed by atoms with Gasteiger partial charge >= 0.3 is 65.1 Å². The summed E-state index contributed by atoms with van der Waals surface area (Å²) >= 11 is 1.77. The van der Waals surface area contributed by atoms with Crippen LogP contribution in [0.4, 0.5) is 0 Å². The average molecular weight is 226 g/mol. The van der Waals surface area contributed by atoms with E-state index in [1.807, 2.05) is 0 Å². The predicted octanol–water partition coefficient (Wildman–Crippen LogP) is 1.98. The Kier molecular flexibility index (Phi) is 8.03. The van der Waals surface area contributed by atoms with Crippen molar-refractivity contribution in [3.63, 3.8) is 0 Å². The molecule has 1 heteroatoms. The van der Waals surface area contributed by atoms with Gasteiger partial charge in [-0.3, -0.25) is 0 Å². The molecule has 0 fully saturated rings. The topological polar surface area (TPSA) is 0 Å². The molecular weight excluding hydrogens is 212 g/mol. The van der Waals surface area contributed by atoms with Crippen molar-refractivity contribution >= 4 is 22.3 Å². The first kappa shape index (κ1) is 8.53. The molecule has 8 heavy (non-hydrogen) atoms. The summed E-state index contributed by atoms with van der Waals surface area (Å²) in [7, 11) is 0. The van der Waals surface area contributed by atoms with Crippen molar-refractivity contribution in [2.75, 3.05) is 0 Å². The summed E-state index contributed by atoms with van der Waals surface area (Å²) in [6, 6.07) is 0. The zero-order valence-corrected chi connectivity index (χ0v) is 7.98. The van der Waals surface area contributed by atoms with Gasteiger partial charge < -0.3 is 0 Å². The molecule has 0 rings (SSSR count). The van der Waals surface area contributed by atoms with E-state index in [0.717, 1.165) is 0 Å². The van der Waals surface area contributed by atoms with E-state index >= 15 is 0 Å². The average Bonchev–Trinajstić information content (AvgIpc) is 1.81. The first-order valence-electron chi connectivity index (χ1n) is 3.21. The third-order valence-electron chi connectivity index (χ3n) is 1.08. The monoisotopic (exact) mass is 228 g/mol. The van der Waals surface area contributed by atoms with Gasteiger partial charge in [0.2, 0.25) is 0 Å². The van der Waals surface area contributed by atoms with E-state index in [-0.39, 0.29) is 0 Å². The van der Waals surface area contributed by atoms with Gasteiger partial charge in [-0.15, -0.1) is 0 Å². The standard InChI is InChI=1S/C7H14Te/c1-2-3-4-5-6-7-8/h6-8H,2-5H2,1H3. The minimum absolute atomic E-state index is 1.28. The molecule has 0 nitrogen and oxygen atoms in total. The van der Waals surface area contributed by atoms with Gasteiger partial charge in [-0.2, -0.15) is 0 Å². The number of unbranched alkanes of at least 4 members (excludes halogenated alkanes) is 3. The Labute approximate surface area is 65.3 Å². The van der Waals surface area contributed by atoms with E-state index in [1.165, 1.54) is 25.7 Å². The van der Waals surface area contributed by atoms with Crippen LogP contribution < -0.4 is 0 Å². The third-order valence-corrected chi connectivity index (χ3v) is 1.68. The van der Waals surface area contributed by atoms with Crippen LogP contribution in [0.1, 0.15) is 32.6 Å². The molecule has 0 bridgehead atoms. The molecule has 0 aliphatic rings. The summed E-state index contributed by atoms with van der Waals surface area (Å²) in [6.45, 7) is 2.23. The Morgan fingerprint density at radius 2 is 2.12 bits per heavy atom. The Hall–Kier alpha value is 0.530. The predicted molar refractivity (Wildman–Crippen MR) is 40.4 cm³/mol. The van der Waals surface area contributed by atoms with Crippen LogP contribution in [0.3, 0.4) is 0 Å². The van der Waals surface area contributed by atoms with Gasteiger partial charge in [0.1, 0.15) is 0 Å². The number of allylic oxidation sites excluding steroid dienone is 1. The van der Waals surface area contributed by atoms with Crippen LogP contribution in [0.15, 0.2) is 10.2 Å². The molecule has 0 aliphatic carbocycles. The molecule has 0 N–H and O–H groups in total. The molecule has 0 radical (unpaired) electrons. The fraction of sp³-hybridized carbons (Fsp3) is 0.714. The number of rotatable bonds is 4. The zero-order chi connectivity index (χ0) is 6.24. The van der Waals surface area contributed by atoms with Crippen LogP contribution in [0.2, 0.25) is 0 Å². The third kappa shape index (κ3) is 6.53. The maximum absolute atomic E-state index is 2.25. The van der Waals surface area contributed by atoms with Crippen LogP contribution in [-0.4, -0.2) is 22.3 Å². The summed E-state index contributed by atoms with van der Waals surface area (Å²) in [6.07, 6.45) is 7.62. The molecular formula is C7H14Te. The zero-order valence-electron chi connectivity index (χ0n) is 5.43. The van der Waals surface area contributed by atoms with Gasteiger partial charge in [0.25, 0.3) is 0 Å². The van der Waals surface area contributed by atoms with Crippen LogP contribution in [0.5, 0.6) is 0 Å². The van der Waals surface area contributed by atoms with E-state index in [1.54, 1.807) is 22.3 Å². The Bertz CT molecular complexity index is 57.4. The van der Waals surface area contributed by atoms with Gasteiger partial charge in [-0.25, -0.2) is 0 Å². The molecule has 0 unspecified atom stereocenters. The summed E-state index contributed by atoms with van der Waals surface area (Å²) in [4.78, 5) is 0. The van der Waals surface area contributed by atoms with E-state index in [4.69, 9.17) is 0 Å². The fourth-order valence-corrected chi connectivity index (χ4v) is 1.01. The molecule has 0 heterocycles. The fourth-order valence-electron chi connectivity index (χ4n) is 0.587. The van der Waals surface area contributed by atoms with Crippen molar-refractivity contribution < 1.29 is 0 Å². The van der Waals surface area contributed by atoms with Gasteiger partial charge in [-0.1, -0.05) is 0 Å². The summed E-state index contributed by atoms with van der Waals surface area (Å²) in [5, 5.41) is 0. The van der Waals surface area contributed by atoms with Crippen molar-refractivity contribution in [2.24, 2.45) is 0 Å². The molecule has 0 aromatic rings. The van der Waals surface area contributed by atoms with Crippen molar-refractivity contribution in [1.82, 2.24) is 0 Å². The second-order valence-electron chi connectivity index (χ2n) is 1.88. The van der Waals surface area contributed by atoms with Gasteiger partial charge in [0, 0.05) is 0 Å². The van der Waals surface area contributed by atoms with E-state index in [0.29, 0.717) is 0 Å². The molecule has 0 aromatic carbocycles. The molecule has 0 amide bonds. The van der Waals surface area contributed by atoms with Crippen molar-refractivity contribution in [3.8, 4) is 0 Å². The first-order chi connectivity index (χ1) is 3.91. The van der Waals surface area contributed by atoms with E-state index in [2.05, 4.69) is 17.1 Å². The second kappa shape index (κ2) is 7.53. The first-order valence-corrected chi connectivity index (χ1v) is 4.68. The molecule has 0 spiro atoms. The van der Waals surface area contributed by atoms with Crippen LogP contribution in [0.25, 0.3) is 0 Å². The Morgan fingerprint density at radius 3 is 2.62 bits per heavy atom. The molecule has 0 aliphatic heterocycles. The maximum atomic E-state index is 2.25. The van der Waals surface area contributed by atoms with Crippen molar-refractivity contribution in [3.05, 3.63) is 10.2 Å². The SMILES string of the molecule is CCCCCC=C[TeH]. The van der Waals surface area contributed by atoms with E-state index < -0.39 is 0 Å². The van der Waals surface area contributed by atoms with Gasteiger partial charge in [0.15, 0.2) is 0 Å². The number of hydrogen-bond donors (Lipinski definition) is 0. The molecule has 48 valence electrons. The molecule has 0 atom stereocenters. The normalized spacial score (nSPS) is 10.8. The molecule has 0 saturated heterocycles. The summed E-state index contributed by atoms with van der Waals surface area (Å²) in [5.74, 6) is 0. The minimum atomic E-state index is 1.28. The Balaban J connectivity index is 2.72. The molecule has 0 saturated carbocycles. The Morgan fingerprint density at radius 1 is 1.38 bits per heavy atom. The van der Waals surface area contributed by atoms with Crippen LogP contribution in [-0.2, 0) is 0 Å².